The molecule has 1 aliphatic rings. The molecule has 0 aliphatic carbocycles. The summed E-state index contributed by atoms with van der Waals surface area (Å²) < 4.78 is 0. The summed E-state index contributed by atoms with van der Waals surface area (Å²) in [4.78, 5) is 15.2. The first-order valence-electron chi connectivity index (χ1n) is 9.81. The van der Waals surface area contributed by atoms with Crippen LogP contribution in [0, 0.1) is 0 Å². The predicted molar refractivity (Wildman–Crippen MR) is 125 cm³/mol. The van der Waals surface area contributed by atoms with E-state index in [1.54, 1.807) is 35.2 Å². The number of aromatic hydroxyl groups is 1. The van der Waals surface area contributed by atoms with Crippen molar-refractivity contribution in [2.75, 3.05) is 0 Å². The number of benzene rings is 3. The summed E-state index contributed by atoms with van der Waals surface area (Å²) in [5, 5.41) is 19.4. The number of phenols is 1. The topological polar surface area (TPSA) is 69.2 Å². The average Bonchev–Trinajstić information content (AvgIpc) is 3.32. The monoisotopic (exact) mass is 483 g/mol. The zero-order chi connectivity index (χ0) is 22.4. The fourth-order valence-corrected chi connectivity index (χ4v) is 4.56. The van der Waals surface area contributed by atoms with Crippen molar-refractivity contribution in [3.05, 3.63) is 104 Å². The Balaban J connectivity index is 1.68. The molecule has 0 saturated carbocycles. The first kappa shape index (κ1) is 20.9. The van der Waals surface area contributed by atoms with E-state index in [0.29, 0.717) is 44.1 Å². The molecule has 1 amide bonds. The fraction of sp³-hybridized carbons (Fsp3) is 0.0833. The number of nitrogens with zero attached hydrogens (tertiary/aromatic N) is 2. The maximum Gasteiger partial charge on any atom is 0.273 e. The molecule has 0 radical (unpaired) electrons. The van der Waals surface area contributed by atoms with Crippen LogP contribution in [0.5, 0.6) is 5.75 Å². The molecule has 0 saturated heterocycles. The molecule has 2 N–H and O–H groups in total. The van der Waals surface area contributed by atoms with Gasteiger partial charge in [0.1, 0.15) is 17.1 Å². The third-order valence-electron chi connectivity index (χ3n) is 5.56. The molecule has 3 aromatic carbocycles. The summed E-state index contributed by atoms with van der Waals surface area (Å²) >= 11 is 18.7. The number of phenolic OH excluding ortho intramolecular Hbond substituents is 1. The van der Waals surface area contributed by atoms with Crippen LogP contribution in [0.4, 0.5) is 0 Å². The lowest BCUT2D eigenvalue weighted by atomic mass is 9.95. The number of nitrogens with one attached hydrogen (secondary N) is 1. The van der Waals surface area contributed by atoms with Crippen molar-refractivity contribution < 1.29 is 9.90 Å². The number of carbonyl (C=O) groups excluding carboxylic acids is 1. The van der Waals surface area contributed by atoms with Crippen molar-refractivity contribution in [2.24, 2.45) is 0 Å². The fourth-order valence-electron chi connectivity index (χ4n) is 4.06. The van der Waals surface area contributed by atoms with Gasteiger partial charge in [-0.05, 0) is 47.5 Å². The maximum atomic E-state index is 13.5. The molecular formula is C24H16Cl3N3O2. The quantitative estimate of drug-likeness (QED) is 0.348. The zero-order valence-electron chi connectivity index (χ0n) is 16.5. The van der Waals surface area contributed by atoms with Gasteiger partial charge in [-0.2, -0.15) is 5.10 Å². The van der Waals surface area contributed by atoms with Crippen LogP contribution in [0.2, 0.25) is 15.1 Å². The Morgan fingerprint density at radius 2 is 1.69 bits per heavy atom. The van der Waals surface area contributed by atoms with Crippen LogP contribution < -0.4 is 0 Å². The van der Waals surface area contributed by atoms with E-state index in [-0.39, 0.29) is 11.7 Å². The smallest absolute Gasteiger partial charge is 0.273 e. The number of H-pyrrole nitrogens is 1. The van der Waals surface area contributed by atoms with Crippen LogP contribution in [0.25, 0.3) is 11.3 Å². The van der Waals surface area contributed by atoms with Crippen LogP contribution in [0.3, 0.4) is 0 Å². The lowest BCUT2D eigenvalue weighted by Crippen LogP contribution is -2.29. The Hall–Kier alpha value is -2.99. The van der Waals surface area contributed by atoms with Crippen molar-refractivity contribution >= 4 is 40.7 Å². The van der Waals surface area contributed by atoms with Crippen molar-refractivity contribution in [2.45, 2.75) is 12.6 Å². The molecule has 32 heavy (non-hydrogen) atoms. The van der Waals surface area contributed by atoms with Gasteiger partial charge >= 0.3 is 0 Å². The normalized spacial score (nSPS) is 15.3. The summed E-state index contributed by atoms with van der Waals surface area (Å²) in [6.45, 7) is 0.301. The highest BCUT2D eigenvalue weighted by atomic mass is 35.5. The molecule has 2 heterocycles. The highest BCUT2D eigenvalue weighted by Gasteiger charge is 2.42. The number of aromatic nitrogens is 2. The highest BCUT2D eigenvalue weighted by molar-refractivity contribution is 6.31. The minimum absolute atomic E-state index is 0.0237. The van der Waals surface area contributed by atoms with Crippen molar-refractivity contribution in [3.8, 4) is 17.0 Å². The highest BCUT2D eigenvalue weighted by Crippen LogP contribution is 2.45. The van der Waals surface area contributed by atoms with E-state index in [2.05, 4.69) is 10.2 Å². The number of halogens is 3. The molecule has 0 spiro atoms. The van der Waals surface area contributed by atoms with E-state index in [1.165, 1.54) is 6.07 Å². The van der Waals surface area contributed by atoms with Gasteiger partial charge in [0.05, 0.1) is 6.04 Å². The van der Waals surface area contributed by atoms with Gasteiger partial charge in [0.25, 0.3) is 5.91 Å². The van der Waals surface area contributed by atoms with Crippen molar-refractivity contribution in [3.63, 3.8) is 0 Å². The summed E-state index contributed by atoms with van der Waals surface area (Å²) in [6, 6.07) is 19.0. The van der Waals surface area contributed by atoms with Crippen molar-refractivity contribution in [1.29, 1.82) is 0 Å². The van der Waals surface area contributed by atoms with Gasteiger partial charge in [0.15, 0.2) is 0 Å². The van der Waals surface area contributed by atoms with E-state index in [0.717, 1.165) is 11.1 Å². The van der Waals surface area contributed by atoms with Gasteiger partial charge in [-0.3, -0.25) is 9.89 Å². The van der Waals surface area contributed by atoms with E-state index < -0.39 is 6.04 Å². The molecule has 160 valence electrons. The minimum atomic E-state index is -0.460. The number of fused-ring (bicyclic) bond motifs is 1. The molecule has 1 aromatic heterocycles. The van der Waals surface area contributed by atoms with Crippen LogP contribution in [-0.2, 0) is 6.54 Å². The Kier molecular flexibility index (Phi) is 5.33. The number of carbonyl (C=O) groups is 1. The number of hydrogen-bond acceptors (Lipinski definition) is 3. The van der Waals surface area contributed by atoms with E-state index in [1.807, 2.05) is 30.3 Å². The molecule has 4 aromatic rings. The Bertz CT molecular complexity index is 1330. The van der Waals surface area contributed by atoms with E-state index in [9.17, 15) is 9.90 Å². The van der Waals surface area contributed by atoms with Crippen molar-refractivity contribution in [1.82, 2.24) is 15.1 Å². The first-order chi connectivity index (χ1) is 15.4. The average molecular weight is 485 g/mol. The largest absolute Gasteiger partial charge is 0.507 e. The minimum Gasteiger partial charge on any atom is -0.507 e. The lowest BCUT2D eigenvalue weighted by molar-refractivity contribution is 0.0730. The molecule has 5 rings (SSSR count). The zero-order valence-corrected chi connectivity index (χ0v) is 18.8. The third-order valence-corrected chi connectivity index (χ3v) is 6.42. The maximum absolute atomic E-state index is 13.5. The van der Waals surface area contributed by atoms with Gasteiger partial charge in [0.2, 0.25) is 0 Å². The standard InChI is InChI=1S/C24H16Cl3N3O2/c25-15-7-5-13(6-8-15)23-20-21(17-11-16(26)9-10-19(17)31)28-29-22(20)24(32)30(23)12-14-3-1-2-4-18(14)27/h1-11,23,31H,12H2,(H,28,29). The van der Waals surface area contributed by atoms with Gasteiger partial charge in [0, 0.05) is 32.7 Å². The molecule has 1 unspecified atom stereocenters. The molecule has 1 atom stereocenters. The third kappa shape index (κ3) is 3.52. The second-order valence-corrected chi connectivity index (χ2v) is 8.78. The Morgan fingerprint density at radius 3 is 2.44 bits per heavy atom. The predicted octanol–water partition coefficient (Wildman–Crippen LogP) is 6.49. The number of amides is 1. The summed E-state index contributed by atoms with van der Waals surface area (Å²) in [6.07, 6.45) is 0. The van der Waals surface area contributed by atoms with Crippen LogP contribution >= 0.6 is 34.8 Å². The number of hydrogen-bond donors (Lipinski definition) is 2. The van der Waals surface area contributed by atoms with Crippen LogP contribution in [0.1, 0.15) is 33.2 Å². The van der Waals surface area contributed by atoms with Crippen LogP contribution in [0.15, 0.2) is 66.7 Å². The van der Waals surface area contributed by atoms with Gasteiger partial charge in [-0.15, -0.1) is 0 Å². The molecule has 1 aliphatic heterocycles. The first-order valence-corrected chi connectivity index (χ1v) is 10.9. The second-order valence-electron chi connectivity index (χ2n) is 7.50. The second kappa shape index (κ2) is 8.17. The lowest BCUT2D eigenvalue weighted by Gasteiger charge is -2.27. The molecule has 8 heteroatoms. The number of aromatic amines is 1. The molecule has 5 nitrogen and oxygen atoms in total. The van der Waals surface area contributed by atoms with E-state index >= 15 is 0 Å². The Labute approximate surface area is 199 Å². The van der Waals surface area contributed by atoms with Gasteiger partial charge in [-0.25, -0.2) is 0 Å². The molecular weight excluding hydrogens is 469 g/mol. The van der Waals surface area contributed by atoms with Gasteiger partial charge in [-0.1, -0.05) is 65.1 Å². The SMILES string of the molecule is O=C1c2[nH]nc(-c3cc(Cl)ccc3O)c2C(c2ccc(Cl)cc2)N1Cc1ccccc1Cl. The van der Waals surface area contributed by atoms with E-state index in [4.69, 9.17) is 34.8 Å². The summed E-state index contributed by atoms with van der Waals surface area (Å²) in [5.74, 6) is -0.185. The molecule has 0 bridgehead atoms. The molecule has 0 fully saturated rings. The summed E-state index contributed by atoms with van der Waals surface area (Å²) in [7, 11) is 0. The Morgan fingerprint density at radius 1 is 0.969 bits per heavy atom. The van der Waals surface area contributed by atoms with Gasteiger partial charge < -0.3 is 10.0 Å². The number of rotatable bonds is 4. The summed E-state index contributed by atoms with van der Waals surface area (Å²) in [5.41, 5.74) is 3.63. The van der Waals surface area contributed by atoms with Crippen LogP contribution in [-0.4, -0.2) is 26.1 Å².